The first-order valence-corrected chi connectivity index (χ1v) is 8.37. The second-order valence-electron chi connectivity index (χ2n) is 4.81. The second kappa shape index (κ2) is 8.82. The van der Waals surface area contributed by atoms with Crippen LogP contribution < -0.4 is 20.1 Å². The standard InChI is InChI=1S/C17H17N3O4S/c1-2-24-17(23)13(10-18)16-20(8-9-21)15(22)14(25-16)11-19-12-6-4-3-5-7-12/h3-7,11,19,21H,2,8-9H2,1H3/b14-11-,16-13-. The molecule has 8 heteroatoms. The number of para-hydroxylation sites is 1. The minimum absolute atomic E-state index is 0.0194. The number of aliphatic hydroxyl groups excluding tert-OH is 1. The van der Waals surface area contributed by atoms with Crippen molar-refractivity contribution < 1.29 is 14.6 Å². The predicted molar refractivity (Wildman–Crippen MR) is 95.1 cm³/mol. The summed E-state index contributed by atoms with van der Waals surface area (Å²) in [7, 11) is 0. The highest BCUT2D eigenvalue weighted by atomic mass is 32.1. The highest BCUT2D eigenvalue weighted by molar-refractivity contribution is 7.07. The van der Waals surface area contributed by atoms with Gasteiger partial charge in [0.2, 0.25) is 0 Å². The SMILES string of the molecule is CCOC(=O)/C(C#N)=c1\s/c(=C\Nc2ccccc2)c(=O)n1CCO. The molecule has 1 heterocycles. The fraction of sp³-hybridized carbons (Fsp3) is 0.235. The van der Waals surface area contributed by atoms with E-state index in [0.29, 0.717) is 4.53 Å². The van der Waals surface area contributed by atoms with Gasteiger partial charge >= 0.3 is 5.97 Å². The van der Waals surface area contributed by atoms with Gasteiger partial charge in [-0.2, -0.15) is 5.26 Å². The van der Waals surface area contributed by atoms with Gasteiger partial charge in [-0.15, -0.1) is 11.3 Å². The molecule has 2 rings (SSSR count). The zero-order valence-corrected chi connectivity index (χ0v) is 14.4. The second-order valence-corrected chi connectivity index (χ2v) is 5.84. The van der Waals surface area contributed by atoms with Crippen molar-refractivity contribution >= 4 is 34.8 Å². The zero-order valence-electron chi connectivity index (χ0n) is 13.6. The number of nitriles is 1. The lowest BCUT2D eigenvalue weighted by molar-refractivity contribution is -0.136. The molecule has 0 bridgehead atoms. The number of ether oxygens (including phenoxy) is 1. The number of nitrogens with one attached hydrogen (secondary N) is 1. The third-order valence-corrected chi connectivity index (χ3v) is 4.31. The topological polar surface area (TPSA) is 104 Å². The molecule has 2 N–H and O–H groups in total. The maximum Gasteiger partial charge on any atom is 0.351 e. The van der Waals surface area contributed by atoms with E-state index < -0.39 is 11.5 Å². The van der Waals surface area contributed by atoms with Crippen molar-refractivity contribution in [1.82, 2.24) is 4.57 Å². The molecule has 0 unspecified atom stereocenters. The normalized spacial score (nSPS) is 12.4. The average molecular weight is 359 g/mol. The van der Waals surface area contributed by atoms with E-state index in [1.165, 1.54) is 10.8 Å². The van der Waals surface area contributed by atoms with Gasteiger partial charge in [0.15, 0.2) is 5.57 Å². The van der Waals surface area contributed by atoms with Gasteiger partial charge in [-0.1, -0.05) is 18.2 Å². The van der Waals surface area contributed by atoms with Crippen LogP contribution >= 0.6 is 11.3 Å². The molecule has 0 atom stereocenters. The summed E-state index contributed by atoms with van der Waals surface area (Å²) < 4.78 is 6.55. The third-order valence-electron chi connectivity index (χ3n) is 3.18. The number of carbonyl (C=O) groups excluding carboxylic acids is 1. The van der Waals surface area contributed by atoms with Crippen molar-refractivity contribution in [3.63, 3.8) is 0 Å². The fourth-order valence-corrected chi connectivity index (χ4v) is 3.11. The fourth-order valence-electron chi connectivity index (χ4n) is 2.08. The molecule has 0 saturated carbocycles. The van der Waals surface area contributed by atoms with Crippen molar-refractivity contribution in [3.8, 4) is 6.07 Å². The van der Waals surface area contributed by atoms with E-state index in [0.717, 1.165) is 17.0 Å². The summed E-state index contributed by atoms with van der Waals surface area (Å²) in [5, 5.41) is 21.5. The Morgan fingerprint density at radius 3 is 2.76 bits per heavy atom. The number of aliphatic hydroxyl groups is 1. The quantitative estimate of drug-likeness (QED) is 0.703. The molecule has 1 aromatic carbocycles. The minimum atomic E-state index is -0.791. The number of nitrogens with zero attached hydrogens (tertiary/aromatic N) is 2. The van der Waals surface area contributed by atoms with Crippen LogP contribution in [-0.4, -0.2) is 28.9 Å². The number of rotatable bonds is 6. The third kappa shape index (κ3) is 4.35. The number of thiazole rings is 1. The van der Waals surface area contributed by atoms with Crippen LogP contribution in [0, 0.1) is 11.3 Å². The van der Waals surface area contributed by atoms with E-state index in [2.05, 4.69) is 5.32 Å². The zero-order chi connectivity index (χ0) is 18.2. The number of anilines is 1. The first kappa shape index (κ1) is 18.4. The van der Waals surface area contributed by atoms with E-state index in [-0.39, 0.29) is 30.0 Å². The maximum absolute atomic E-state index is 12.5. The van der Waals surface area contributed by atoms with Gasteiger partial charge in [-0.3, -0.25) is 9.36 Å². The average Bonchev–Trinajstić information content (AvgIpc) is 2.92. The molecule has 0 aliphatic rings. The molecule has 0 radical (unpaired) electrons. The summed E-state index contributed by atoms with van der Waals surface area (Å²) in [6.07, 6.45) is 1.51. The van der Waals surface area contributed by atoms with Gasteiger partial charge in [-0.05, 0) is 19.1 Å². The Labute approximate surface area is 147 Å². The first-order valence-electron chi connectivity index (χ1n) is 7.56. The van der Waals surface area contributed by atoms with Crippen LogP contribution in [0.2, 0.25) is 0 Å². The summed E-state index contributed by atoms with van der Waals surface area (Å²) in [6.45, 7) is 1.43. The number of hydrogen-bond donors (Lipinski definition) is 2. The maximum atomic E-state index is 12.5. The highest BCUT2D eigenvalue weighted by Crippen LogP contribution is 2.04. The smallest absolute Gasteiger partial charge is 0.351 e. The molecular formula is C17H17N3O4S. The molecule has 2 aromatic rings. The van der Waals surface area contributed by atoms with Crippen LogP contribution in [0.25, 0.3) is 11.8 Å². The molecule has 25 heavy (non-hydrogen) atoms. The Balaban J connectivity index is 2.60. The van der Waals surface area contributed by atoms with Gasteiger partial charge in [0.05, 0.1) is 19.8 Å². The molecule has 7 nitrogen and oxygen atoms in total. The molecule has 0 amide bonds. The summed E-state index contributed by atoms with van der Waals surface area (Å²) in [5.41, 5.74) is 0.145. The highest BCUT2D eigenvalue weighted by Gasteiger charge is 2.16. The summed E-state index contributed by atoms with van der Waals surface area (Å²) in [6, 6.07) is 11.0. The van der Waals surface area contributed by atoms with Crippen molar-refractivity contribution in [2.45, 2.75) is 13.5 Å². The number of esters is 1. The summed E-state index contributed by atoms with van der Waals surface area (Å²) in [4.78, 5) is 24.5. The minimum Gasteiger partial charge on any atom is -0.462 e. The Kier molecular flexibility index (Phi) is 6.51. The van der Waals surface area contributed by atoms with Crippen LogP contribution in [0.4, 0.5) is 5.69 Å². The Morgan fingerprint density at radius 1 is 1.44 bits per heavy atom. The molecule has 0 spiro atoms. The van der Waals surface area contributed by atoms with Crippen molar-refractivity contribution in [1.29, 1.82) is 5.26 Å². The monoisotopic (exact) mass is 359 g/mol. The number of aromatic nitrogens is 1. The predicted octanol–water partition coefficient (Wildman–Crippen LogP) is -0.0104. The van der Waals surface area contributed by atoms with Crippen LogP contribution in [0.5, 0.6) is 0 Å². The lowest BCUT2D eigenvalue weighted by Gasteiger charge is -2.01. The van der Waals surface area contributed by atoms with Crippen LogP contribution in [0.3, 0.4) is 0 Å². The van der Waals surface area contributed by atoms with Crippen LogP contribution in [-0.2, 0) is 16.1 Å². The van der Waals surface area contributed by atoms with Crippen LogP contribution in [0.15, 0.2) is 35.1 Å². The van der Waals surface area contributed by atoms with Gasteiger partial charge < -0.3 is 15.2 Å². The number of hydrogen-bond acceptors (Lipinski definition) is 7. The molecular weight excluding hydrogens is 342 g/mol. The molecule has 0 fully saturated rings. The molecule has 1 aromatic heterocycles. The summed E-state index contributed by atoms with van der Waals surface area (Å²) >= 11 is 0.993. The molecule has 0 saturated heterocycles. The van der Waals surface area contributed by atoms with Gasteiger partial charge in [-0.25, -0.2) is 4.79 Å². The van der Waals surface area contributed by atoms with E-state index in [1.807, 2.05) is 30.3 Å². The molecule has 0 aliphatic heterocycles. The van der Waals surface area contributed by atoms with Crippen molar-refractivity contribution in [3.05, 3.63) is 49.9 Å². The Morgan fingerprint density at radius 2 is 2.16 bits per heavy atom. The largest absolute Gasteiger partial charge is 0.462 e. The first-order chi connectivity index (χ1) is 12.1. The van der Waals surface area contributed by atoms with Crippen molar-refractivity contribution in [2.24, 2.45) is 0 Å². The lowest BCUT2D eigenvalue weighted by atomic mass is 10.3. The van der Waals surface area contributed by atoms with Crippen LogP contribution in [0.1, 0.15) is 6.92 Å². The lowest BCUT2D eigenvalue weighted by Crippen LogP contribution is -2.34. The van der Waals surface area contributed by atoms with E-state index in [4.69, 9.17) is 4.74 Å². The molecule has 0 aliphatic carbocycles. The van der Waals surface area contributed by atoms with Gasteiger partial charge in [0, 0.05) is 11.9 Å². The van der Waals surface area contributed by atoms with Crippen molar-refractivity contribution in [2.75, 3.05) is 18.5 Å². The summed E-state index contributed by atoms with van der Waals surface area (Å²) in [5.74, 6) is -0.791. The Hall–Kier alpha value is -2.89. The van der Waals surface area contributed by atoms with E-state index in [9.17, 15) is 20.0 Å². The number of carbonyl (C=O) groups is 1. The van der Waals surface area contributed by atoms with Gasteiger partial charge in [0.25, 0.3) is 5.56 Å². The number of benzene rings is 1. The van der Waals surface area contributed by atoms with E-state index >= 15 is 0 Å². The van der Waals surface area contributed by atoms with E-state index in [1.54, 1.807) is 13.0 Å². The molecule has 130 valence electrons. The Bertz CT molecular complexity index is 955. The van der Waals surface area contributed by atoms with Gasteiger partial charge in [0.1, 0.15) is 15.3 Å².